The van der Waals surface area contributed by atoms with Gasteiger partial charge in [-0.25, -0.2) is 4.39 Å². The van der Waals surface area contributed by atoms with E-state index in [-0.39, 0.29) is 16.8 Å². The van der Waals surface area contributed by atoms with Gasteiger partial charge < -0.3 is 10.2 Å². The van der Waals surface area contributed by atoms with E-state index in [9.17, 15) is 19.3 Å². The maximum absolute atomic E-state index is 13.7. The predicted molar refractivity (Wildman–Crippen MR) is 82.8 cm³/mol. The van der Waals surface area contributed by atoms with Crippen LogP contribution in [0.5, 0.6) is 0 Å². The van der Waals surface area contributed by atoms with E-state index < -0.39 is 16.6 Å². The van der Waals surface area contributed by atoms with E-state index in [2.05, 4.69) is 5.32 Å². The van der Waals surface area contributed by atoms with Gasteiger partial charge in [0.25, 0.3) is 11.6 Å². The lowest BCUT2D eigenvalue weighted by Crippen LogP contribution is -2.33. The van der Waals surface area contributed by atoms with Crippen LogP contribution in [0.2, 0.25) is 0 Å². The quantitative estimate of drug-likeness (QED) is 0.669. The fourth-order valence-corrected chi connectivity index (χ4v) is 3.73. The summed E-state index contributed by atoms with van der Waals surface area (Å²) in [5.74, 6) is 0.0497. The molecule has 23 heavy (non-hydrogen) atoms. The van der Waals surface area contributed by atoms with Crippen LogP contribution in [0.3, 0.4) is 0 Å². The summed E-state index contributed by atoms with van der Waals surface area (Å²) in [6.07, 6.45) is 1.76. The first-order valence-corrected chi connectivity index (χ1v) is 7.92. The normalized spacial score (nSPS) is 24.2. The van der Waals surface area contributed by atoms with Crippen LogP contribution in [-0.2, 0) is 0 Å². The number of hydrogen-bond acceptors (Lipinski definition) is 4. The van der Waals surface area contributed by atoms with Crippen molar-refractivity contribution in [2.24, 2.45) is 11.8 Å². The van der Waals surface area contributed by atoms with Gasteiger partial charge in [-0.3, -0.25) is 14.9 Å². The number of likely N-dealkylation sites (tertiary alicyclic amines) is 1. The number of carbonyl (C=O) groups is 1. The molecule has 124 valence electrons. The summed E-state index contributed by atoms with van der Waals surface area (Å²) in [6, 6.07) is 2.08. The monoisotopic (exact) mass is 321 g/mol. The molecule has 1 amide bonds. The van der Waals surface area contributed by atoms with Crippen LogP contribution >= 0.6 is 0 Å². The third-order valence-electron chi connectivity index (χ3n) is 4.98. The number of nitrogens with one attached hydrogen (secondary N) is 1. The molecular weight excluding hydrogens is 301 g/mol. The topological polar surface area (TPSA) is 75.5 Å². The summed E-state index contributed by atoms with van der Waals surface area (Å²) >= 11 is 0. The zero-order chi connectivity index (χ0) is 16.6. The lowest BCUT2D eigenvalue weighted by Gasteiger charge is -2.21. The molecule has 0 radical (unpaired) electrons. The SMILES string of the molecule is Cc1cc(F)cc(C(=O)N2CC[C@@H]3CNC[C@@H]3CC2)c1[N+](=O)[O-]. The third-order valence-corrected chi connectivity index (χ3v) is 4.98. The van der Waals surface area contributed by atoms with E-state index in [1.165, 1.54) is 6.92 Å². The van der Waals surface area contributed by atoms with Crippen LogP contribution < -0.4 is 5.32 Å². The molecule has 6 nitrogen and oxygen atoms in total. The Balaban J connectivity index is 1.87. The fourth-order valence-electron chi connectivity index (χ4n) is 3.73. The van der Waals surface area contributed by atoms with Gasteiger partial charge in [-0.1, -0.05) is 0 Å². The van der Waals surface area contributed by atoms with Crippen LogP contribution in [0.4, 0.5) is 10.1 Å². The second-order valence-electron chi connectivity index (χ2n) is 6.42. The molecule has 7 heteroatoms. The average Bonchev–Trinajstić information content (AvgIpc) is 2.84. The van der Waals surface area contributed by atoms with Crippen LogP contribution in [0.25, 0.3) is 0 Å². The van der Waals surface area contributed by atoms with Crippen molar-refractivity contribution in [3.05, 3.63) is 39.2 Å². The zero-order valence-corrected chi connectivity index (χ0v) is 13.0. The summed E-state index contributed by atoms with van der Waals surface area (Å²) < 4.78 is 13.7. The molecule has 0 saturated carbocycles. The van der Waals surface area contributed by atoms with Gasteiger partial charge in [0.1, 0.15) is 11.4 Å². The summed E-state index contributed by atoms with van der Waals surface area (Å²) in [5, 5.41) is 14.6. The Labute approximate surface area is 133 Å². The summed E-state index contributed by atoms with van der Waals surface area (Å²) in [5.41, 5.74) is -0.255. The summed E-state index contributed by atoms with van der Waals surface area (Å²) in [6.45, 7) is 4.51. The maximum Gasteiger partial charge on any atom is 0.285 e. The number of fused-ring (bicyclic) bond motifs is 1. The minimum absolute atomic E-state index is 0.141. The van der Waals surface area contributed by atoms with Crippen molar-refractivity contribution in [3.63, 3.8) is 0 Å². The van der Waals surface area contributed by atoms with Crippen molar-refractivity contribution in [2.75, 3.05) is 26.2 Å². The molecule has 2 saturated heterocycles. The van der Waals surface area contributed by atoms with E-state index in [0.29, 0.717) is 24.9 Å². The first kappa shape index (κ1) is 15.9. The molecule has 2 aliphatic heterocycles. The molecular formula is C16H20FN3O3. The molecule has 2 aliphatic rings. The molecule has 3 rings (SSSR count). The first-order valence-electron chi connectivity index (χ1n) is 7.92. The maximum atomic E-state index is 13.7. The van der Waals surface area contributed by atoms with Gasteiger partial charge in [-0.15, -0.1) is 0 Å². The van der Waals surface area contributed by atoms with E-state index in [1.54, 1.807) is 4.90 Å². The third kappa shape index (κ3) is 3.06. The number of halogens is 1. The zero-order valence-electron chi connectivity index (χ0n) is 13.0. The lowest BCUT2D eigenvalue weighted by molar-refractivity contribution is -0.385. The van der Waals surface area contributed by atoms with Crippen molar-refractivity contribution in [2.45, 2.75) is 19.8 Å². The number of benzene rings is 1. The molecule has 1 N–H and O–H groups in total. The van der Waals surface area contributed by atoms with Crippen LogP contribution in [0.1, 0.15) is 28.8 Å². The minimum Gasteiger partial charge on any atom is -0.338 e. The molecule has 0 aromatic heterocycles. The Hall–Kier alpha value is -2.02. The molecule has 2 atom stereocenters. The molecule has 0 aliphatic carbocycles. The Bertz CT molecular complexity index is 636. The Morgan fingerprint density at radius 1 is 1.30 bits per heavy atom. The number of nitrogens with zero attached hydrogens (tertiary/aromatic N) is 2. The smallest absolute Gasteiger partial charge is 0.285 e. The molecule has 0 spiro atoms. The first-order chi connectivity index (χ1) is 11.0. The molecule has 1 aromatic rings. The van der Waals surface area contributed by atoms with Gasteiger partial charge in [-0.05, 0) is 56.8 Å². The van der Waals surface area contributed by atoms with Crippen LogP contribution in [-0.4, -0.2) is 41.9 Å². The molecule has 1 aromatic carbocycles. The number of aryl methyl sites for hydroxylation is 1. The van der Waals surface area contributed by atoms with Crippen molar-refractivity contribution in [1.29, 1.82) is 0 Å². The molecule has 2 heterocycles. The van der Waals surface area contributed by atoms with Crippen molar-refractivity contribution < 1.29 is 14.1 Å². The Morgan fingerprint density at radius 2 is 1.91 bits per heavy atom. The van der Waals surface area contributed by atoms with Gasteiger partial charge in [0.15, 0.2) is 0 Å². The largest absolute Gasteiger partial charge is 0.338 e. The van der Waals surface area contributed by atoms with E-state index >= 15 is 0 Å². The van der Waals surface area contributed by atoms with Gasteiger partial charge in [-0.2, -0.15) is 0 Å². The molecule has 2 fully saturated rings. The van der Waals surface area contributed by atoms with E-state index in [4.69, 9.17) is 0 Å². The lowest BCUT2D eigenvalue weighted by atomic mass is 9.92. The van der Waals surface area contributed by atoms with Crippen molar-refractivity contribution in [3.8, 4) is 0 Å². The van der Waals surface area contributed by atoms with Gasteiger partial charge in [0.05, 0.1) is 4.92 Å². The number of rotatable bonds is 2. The van der Waals surface area contributed by atoms with Gasteiger partial charge in [0, 0.05) is 18.7 Å². The average molecular weight is 321 g/mol. The minimum atomic E-state index is -0.618. The number of amides is 1. The highest BCUT2D eigenvalue weighted by Gasteiger charge is 2.34. The second kappa shape index (κ2) is 6.23. The highest BCUT2D eigenvalue weighted by atomic mass is 19.1. The second-order valence-corrected chi connectivity index (χ2v) is 6.42. The Kier molecular flexibility index (Phi) is 4.30. The number of nitro groups is 1. The standard InChI is InChI=1S/C16H20FN3O3/c1-10-6-13(17)7-14(15(10)20(22)23)16(21)19-4-2-11-8-18-9-12(11)3-5-19/h6-7,11-12,18H,2-5,8-9H2,1H3/t11-,12+. The summed E-state index contributed by atoms with van der Waals surface area (Å²) in [4.78, 5) is 25.1. The van der Waals surface area contributed by atoms with E-state index in [1.807, 2.05) is 0 Å². The highest BCUT2D eigenvalue weighted by Crippen LogP contribution is 2.30. The van der Waals surface area contributed by atoms with Crippen LogP contribution in [0.15, 0.2) is 12.1 Å². The summed E-state index contributed by atoms with van der Waals surface area (Å²) in [7, 11) is 0. The number of nitro benzene ring substituents is 1. The van der Waals surface area contributed by atoms with E-state index in [0.717, 1.165) is 38.1 Å². The predicted octanol–water partition coefficient (Wildman–Crippen LogP) is 2.11. The van der Waals surface area contributed by atoms with Gasteiger partial charge in [0.2, 0.25) is 0 Å². The van der Waals surface area contributed by atoms with Crippen molar-refractivity contribution in [1.82, 2.24) is 10.2 Å². The highest BCUT2D eigenvalue weighted by molar-refractivity contribution is 5.98. The number of carbonyl (C=O) groups excluding carboxylic acids is 1. The van der Waals surface area contributed by atoms with Gasteiger partial charge >= 0.3 is 0 Å². The Morgan fingerprint density at radius 3 is 2.48 bits per heavy atom. The fraction of sp³-hybridized carbons (Fsp3) is 0.562. The van der Waals surface area contributed by atoms with Crippen LogP contribution in [0, 0.1) is 34.7 Å². The molecule has 0 bridgehead atoms. The number of hydrogen-bond donors (Lipinski definition) is 1. The molecule has 0 unspecified atom stereocenters. The van der Waals surface area contributed by atoms with Crippen molar-refractivity contribution >= 4 is 11.6 Å².